The number of rotatable bonds is 4. The summed E-state index contributed by atoms with van der Waals surface area (Å²) in [6.45, 7) is 4.97. The Morgan fingerprint density at radius 1 is 1.33 bits per heavy atom. The Labute approximate surface area is 132 Å². The fourth-order valence-electron chi connectivity index (χ4n) is 1.57. The van der Waals surface area contributed by atoms with Crippen molar-refractivity contribution >= 4 is 34.9 Å². The third kappa shape index (κ3) is 3.89. The van der Waals surface area contributed by atoms with Gasteiger partial charge in [0.15, 0.2) is 11.4 Å². The molecule has 0 bridgehead atoms. The minimum absolute atomic E-state index is 0.325. The Kier molecular flexibility index (Phi) is 4.44. The van der Waals surface area contributed by atoms with Crippen LogP contribution in [0.15, 0.2) is 28.8 Å². The summed E-state index contributed by atoms with van der Waals surface area (Å²) < 4.78 is 10.6. The summed E-state index contributed by atoms with van der Waals surface area (Å²) in [5.41, 5.74) is -1.17. The van der Waals surface area contributed by atoms with Crippen LogP contribution in [0.4, 0.5) is 5.82 Å². The standard InChI is InChI=1S/C14H14Cl2N2O3/c1-8-6-12(18-21-8)17-13(19)14(2,3)20-11-7-9(15)4-5-10(11)16/h4-7H,1-3H3,(H,17,18,19). The molecule has 0 radical (unpaired) electrons. The molecule has 1 N–H and O–H groups in total. The van der Waals surface area contributed by atoms with E-state index in [0.717, 1.165) is 0 Å². The van der Waals surface area contributed by atoms with Crippen molar-refractivity contribution in [3.05, 3.63) is 40.1 Å². The molecule has 0 atom stereocenters. The fourth-order valence-corrected chi connectivity index (χ4v) is 1.89. The highest BCUT2D eigenvalue weighted by atomic mass is 35.5. The van der Waals surface area contributed by atoms with Crippen molar-refractivity contribution in [3.8, 4) is 5.75 Å². The number of ether oxygens (including phenoxy) is 1. The van der Waals surface area contributed by atoms with E-state index in [1.165, 1.54) is 0 Å². The van der Waals surface area contributed by atoms with Crippen molar-refractivity contribution in [1.82, 2.24) is 5.16 Å². The molecule has 0 fully saturated rings. The average molecular weight is 329 g/mol. The van der Waals surface area contributed by atoms with Crippen LogP contribution >= 0.6 is 23.2 Å². The number of hydrogen-bond acceptors (Lipinski definition) is 4. The van der Waals surface area contributed by atoms with Gasteiger partial charge in [0.1, 0.15) is 11.5 Å². The number of nitrogens with zero attached hydrogens (tertiary/aromatic N) is 1. The molecule has 1 aromatic carbocycles. The fraction of sp³-hybridized carbons (Fsp3) is 0.286. The predicted octanol–water partition coefficient (Wildman–Crippen LogP) is 4.09. The highest BCUT2D eigenvalue weighted by Crippen LogP contribution is 2.31. The zero-order valence-electron chi connectivity index (χ0n) is 11.7. The molecule has 2 aromatic rings. The third-order valence-electron chi connectivity index (χ3n) is 2.67. The maximum Gasteiger partial charge on any atom is 0.269 e. The number of carbonyl (C=O) groups is 1. The number of aromatic nitrogens is 1. The summed E-state index contributed by atoms with van der Waals surface area (Å²) in [5.74, 6) is 0.876. The second kappa shape index (κ2) is 5.95. The highest BCUT2D eigenvalue weighted by molar-refractivity contribution is 6.34. The maximum absolute atomic E-state index is 12.3. The van der Waals surface area contributed by atoms with Gasteiger partial charge in [0.2, 0.25) is 0 Å². The van der Waals surface area contributed by atoms with E-state index < -0.39 is 5.60 Å². The van der Waals surface area contributed by atoms with E-state index in [1.54, 1.807) is 45.0 Å². The molecule has 0 aliphatic carbocycles. The zero-order valence-corrected chi connectivity index (χ0v) is 13.2. The lowest BCUT2D eigenvalue weighted by Gasteiger charge is -2.25. The quantitative estimate of drug-likeness (QED) is 0.918. The summed E-state index contributed by atoms with van der Waals surface area (Å²) in [5, 5.41) is 7.15. The van der Waals surface area contributed by atoms with E-state index in [9.17, 15) is 4.79 Å². The molecule has 1 amide bonds. The Morgan fingerprint density at radius 3 is 2.67 bits per heavy atom. The van der Waals surface area contributed by atoms with Gasteiger partial charge in [-0.25, -0.2) is 0 Å². The van der Waals surface area contributed by atoms with Crippen LogP contribution in [0.2, 0.25) is 10.0 Å². The number of aryl methyl sites for hydroxylation is 1. The number of hydrogen-bond donors (Lipinski definition) is 1. The van der Waals surface area contributed by atoms with Crippen molar-refractivity contribution in [2.24, 2.45) is 0 Å². The molecule has 0 spiro atoms. The van der Waals surface area contributed by atoms with Crippen molar-refractivity contribution in [1.29, 1.82) is 0 Å². The molecule has 0 aliphatic heterocycles. The van der Waals surface area contributed by atoms with Gasteiger partial charge in [-0.2, -0.15) is 0 Å². The van der Waals surface area contributed by atoms with Gasteiger partial charge in [-0.1, -0.05) is 28.4 Å². The van der Waals surface area contributed by atoms with Crippen LogP contribution in [0.5, 0.6) is 5.75 Å². The van der Waals surface area contributed by atoms with E-state index >= 15 is 0 Å². The van der Waals surface area contributed by atoms with Crippen LogP contribution in [0.25, 0.3) is 0 Å². The monoisotopic (exact) mass is 328 g/mol. The summed E-state index contributed by atoms with van der Waals surface area (Å²) in [7, 11) is 0. The highest BCUT2D eigenvalue weighted by Gasteiger charge is 2.31. The summed E-state index contributed by atoms with van der Waals surface area (Å²) in [6.07, 6.45) is 0. The molecule has 0 unspecified atom stereocenters. The number of halogens is 2. The maximum atomic E-state index is 12.3. The summed E-state index contributed by atoms with van der Waals surface area (Å²) in [6, 6.07) is 6.41. The molecular weight excluding hydrogens is 315 g/mol. The summed E-state index contributed by atoms with van der Waals surface area (Å²) >= 11 is 11.9. The molecule has 1 aromatic heterocycles. The van der Waals surface area contributed by atoms with Gasteiger partial charge in [0.25, 0.3) is 5.91 Å². The first-order valence-corrected chi connectivity index (χ1v) is 6.92. The Balaban J connectivity index is 2.13. The lowest BCUT2D eigenvalue weighted by atomic mass is 10.1. The molecule has 0 aliphatic rings. The van der Waals surface area contributed by atoms with Crippen molar-refractivity contribution in [2.75, 3.05) is 5.32 Å². The second-order valence-electron chi connectivity index (χ2n) is 4.96. The molecule has 21 heavy (non-hydrogen) atoms. The molecule has 0 saturated carbocycles. The van der Waals surface area contributed by atoms with E-state index in [-0.39, 0.29) is 5.91 Å². The SMILES string of the molecule is Cc1cc(NC(=O)C(C)(C)Oc2cc(Cl)ccc2Cl)no1. The van der Waals surface area contributed by atoms with Gasteiger partial charge in [-0.15, -0.1) is 0 Å². The molecule has 7 heteroatoms. The van der Waals surface area contributed by atoms with Gasteiger partial charge in [-0.3, -0.25) is 4.79 Å². The van der Waals surface area contributed by atoms with Crippen LogP contribution in [-0.4, -0.2) is 16.7 Å². The molecule has 5 nitrogen and oxygen atoms in total. The predicted molar refractivity (Wildman–Crippen MR) is 81.0 cm³/mol. The summed E-state index contributed by atoms with van der Waals surface area (Å²) in [4.78, 5) is 12.3. The van der Waals surface area contributed by atoms with Crippen LogP contribution in [0, 0.1) is 6.92 Å². The smallest absolute Gasteiger partial charge is 0.269 e. The Bertz CT molecular complexity index is 668. The molecular formula is C14H14Cl2N2O3. The van der Waals surface area contributed by atoms with Crippen LogP contribution < -0.4 is 10.1 Å². The van der Waals surface area contributed by atoms with E-state index in [2.05, 4.69) is 10.5 Å². The van der Waals surface area contributed by atoms with Crippen LogP contribution in [0.1, 0.15) is 19.6 Å². The van der Waals surface area contributed by atoms with Gasteiger partial charge in [-0.05, 0) is 32.9 Å². The molecule has 0 saturated heterocycles. The lowest BCUT2D eigenvalue weighted by Crippen LogP contribution is -2.42. The van der Waals surface area contributed by atoms with Crippen molar-refractivity contribution in [2.45, 2.75) is 26.4 Å². The number of benzene rings is 1. The zero-order chi connectivity index (χ0) is 15.6. The molecule has 2 rings (SSSR count). The van der Waals surface area contributed by atoms with Gasteiger partial charge >= 0.3 is 0 Å². The molecule has 112 valence electrons. The number of anilines is 1. The normalized spacial score (nSPS) is 11.3. The first-order chi connectivity index (χ1) is 9.78. The number of nitrogens with one attached hydrogen (secondary N) is 1. The second-order valence-corrected chi connectivity index (χ2v) is 5.81. The van der Waals surface area contributed by atoms with Crippen LogP contribution in [0.3, 0.4) is 0 Å². The van der Waals surface area contributed by atoms with E-state index in [0.29, 0.717) is 27.4 Å². The third-order valence-corrected chi connectivity index (χ3v) is 3.22. The topological polar surface area (TPSA) is 64.4 Å². The molecule has 1 heterocycles. The van der Waals surface area contributed by atoms with E-state index in [4.69, 9.17) is 32.5 Å². The van der Waals surface area contributed by atoms with E-state index in [1.807, 2.05) is 0 Å². The van der Waals surface area contributed by atoms with Gasteiger partial charge < -0.3 is 14.6 Å². The first kappa shape index (κ1) is 15.7. The van der Waals surface area contributed by atoms with Crippen molar-refractivity contribution in [3.63, 3.8) is 0 Å². The van der Waals surface area contributed by atoms with Gasteiger partial charge in [0, 0.05) is 17.2 Å². The first-order valence-electron chi connectivity index (χ1n) is 6.17. The van der Waals surface area contributed by atoms with Crippen molar-refractivity contribution < 1.29 is 14.1 Å². The largest absolute Gasteiger partial charge is 0.476 e. The number of amides is 1. The lowest BCUT2D eigenvalue weighted by molar-refractivity contribution is -0.128. The minimum Gasteiger partial charge on any atom is -0.476 e. The Hall–Kier alpha value is -1.72. The number of carbonyl (C=O) groups excluding carboxylic acids is 1. The van der Waals surface area contributed by atoms with Crippen LogP contribution in [-0.2, 0) is 4.79 Å². The average Bonchev–Trinajstić information content (AvgIpc) is 2.79. The minimum atomic E-state index is -1.17. The van der Waals surface area contributed by atoms with Gasteiger partial charge in [0.05, 0.1) is 5.02 Å². The Morgan fingerprint density at radius 2 is 2.05 bits per heavy atom.